The van der Waals surface area contributed by atoms with Crippen LogP contribution in [0.2, 0.25) is 4.34 Å². The Balaban J connectivity index is 1.92. The molecule has 0 atom stereocenters. The van der Waals surface area contributed by atoms with Gasteiger partial charge in [-0.2, -0.15) is 0 Å². The lowest BCUT2D eigenvalue weighted by atomic mass is 10.4. The van der Waals surface area contributed by atoms with E-state index in [4.69, 9.17) is 16.3 Å². The number of hydrogen-bond donors (Lipinski definition) is 0. The van der Waals surface area contributed by atoms with E-state index in [-0.39, 0.29) is 18.9 Å². The van der Waals surface area contributed by atoms with Crippen molar-refractivity contribution < 1.29 is 14.3 Å². The summed E-state index contributed by atoms with van der Waals surface area (Å²) in [5.41, 5.74) is 0. The van der Waals surface area contributed by atoms with Crippen LogP contribution in [0.25, 0.3) is 9.88 Å². The van der Waals surface area contributed by atoms with Gasteiger partial charge in [-0.3, -0.25) is 4.79 Å². The fourth-order valence-corrected chi connectivity index (χ4v) is 3.35. The second-order valence-corrected chi connectivity index (χ2v) is 7.05. The zero-order valence-corrected chi connectivity index (χ0v) is 13.8. The summed E-state index contributed by atoms with van der Waals surface area (Å²) in [4.78, 5) is 30.2. The van der Waals surface area contributed by atoms with Crippen LogP contribution in [0.5, 0.6) is 0 Å². The third-order valence-electron chi connectivity index (χ3n) is 2.54. The molecule has 0 fully saturated rings. The summed E-state index contributed by atoms with van der Waals surface area (Å²) in [6.07, 6.45) is 1.65. The molecule has 0 bridgehead atoms. The standard InChI is InChI=1S/C13H13ClN2O3S2/c1-16(2)11(17)5-6-19-13(18)9-7-15-12(21-9)8-3-4-10(14)20-8/h3-4,7H,5-6H2,1-2H3. The van der Waals surface area contributed by atoms with Crippen molar-refractivity contribution >= 4 is 46.2 Å². The monoisotopic (exact) mass is 344 g/mol. The number of ether oxygens (including phenoxy) is 1. The predicted molar refractivity (Wildman–Crippen MR) is 84.0 cm³/mol. The first kappa shape index (κ1) is 15.9. The SMILES string of the molecule is CN(C)C(=O)CCOC(=O)c1cnc(-c2ccc(Cl)s2)s1. The van der Waals surface area contributed by atoms with Crippen molar-refractivity contribution in [1.29, 1.82) is 0 Å². The smallest absolute Gasteiger partial charge is 0.349 e. The summed E-state index contributed by atoms with van der Waals surface area (Å²) in [6.45, 7) is 0.0634. The number of rotatable bonds is 5. The molecule has 21 heavy (non-hydrogen) atoms. The average molecular weight is 345 g/mol. The number of nitrogens with zero attached hydrogens (tertiary/aromatic N) is 2. The minimum Gasteiger partial charge on any atom is -0.461 e. The second-order valence-electron chi connectivity index (χ2n) is 4.31. The van der Waals surface area contributed by atoms with Crippen LogP contribution in [0.4, 0.5) is 0 Å². The van der Waals surface area contributed by atoms with Crippen LogP contribution in [0.1, 0.15) is 16.1 Å². The van der Waals surface area contributed by atoms with Crippen LogP contribution in [0.3, 0.4) is 0 Å². The lowest BCUT2D eigenvalue weighted by molar-refractivity contribution is -0.129. The van der Waals surface area contributed by atoms with E-state index in [0.29, 0.717) is 9.21 Å². The topological polar surface area (TPSA) is 59.5 Å². The number of amides is 1. The molecule has 0 saturated heterocycles. The van der Waals surface area contributed by atoms with Crippen molar-refractivity contribution in [3.8, 4) is 9.88 Å². The number of carbonyl (C=O) groups is 2. The largest absolute Gasteiger partial charge is 0.461 e. The van der Waals surface area contributed by atoms with Gasteiger partial charge in [0.1, 0.15) is 16.5 Å². The van der Waals surface area contributed by atoms with Gasteiger partial charge in [0.05, 0.1) is 21.8 Å². The number of thiophene rings is 1. The normalized spacial score (nSPS) is 10.4. The Morgan fingerprint density at radius 3 is 2.71 bits per heavy atom. The van der Waals surface area contributed by atoms with Crippen molar-refractivity contribution in [3.63, 3.8) is 0 Å². The Morgan fingerprint density at radius 1 is 1.33 bits per heavy atom. The first-order valence-electron chi connectivity index (χ1n) is 6.06. The molecule has 2 aromatic rings. The van der Waals surface area contributed by atoms with Gasteiger partial charge in [0.25, 0.3) is 0 Å². The van der Waals surface area contributed by atoms with Gasteiger partial charge in [-0.25, -0.2) is 9.78 Å². The van der Waals surface area contributed by atoms with Crippen LogP contribution in [-0.2, 0) is 9.53 Å². The maximum Gasteiger partial charge on any atom is 0.349 e. The molecule has 0 aliphatic rings. The van der Waals surface area contributed by atoms with E-state index < -0.39 is 5.97 Å². The van der Waals surface area contributed by atoms with E-state index in [2.05, 4.69) is 4.98 Å². The molecule has 2 rings (SSSR count). The first-order valence-corrected chi connectivity index (χ1v) is 8.07. The molecule has 0 spiro atoms. The van der Waals surface area contributed by atoms with Gasteiger partial charge in [0, 0.05) is 14.1 Å². The van der Waals surface area contributed by atoms with Crippen molar-refractivity contribution in [1.82, 2.24) is 9.88 Å². The summed E-state index contributed by atoms with van der Waals surface area (Å²) in [7, 11) is 3.32. The summed E-state index contributed by atoms with van der Waals surface area (Å²) in [5, 5.41) is 0.725. The average Bonchev–Trinajstić information content (AvgIpc) is 3.06. The second kappa shape index (κ2) is 7.02. The predicted octanol–water partition coefficient (Wildman–Crippen LogP) is 3.16. The van der Waals surface area contributed by atoms with Crippen LogP contribution in [0, 0.1) is 0 Å². The van der Waals surface area contributed by atoms with Gasteiger partial charge in [-0.15, -0.1) is 22.7 Å². The van der Waals surface area contributed by atoms with E-state index in [1.807, 2.05) is 6.07 Å². The third-order valence-corrected chi connectivity index (χ3v) is 4.92. The summed E-state index contributed by atoms with van der Waals surface area (Å²) in [6, 6.07) is 3.64. The molecule has 0 N–H and O–H groups in total. The van der Waals surface area contributed by atoms with Crippen molar-refractivity contribution in [2.24, 2.45) is 0 Å². The number of carbonyl (C=O) groups excluding carboxylic acids is 2. The van der Waals surface area contributed by atoms with Gasteiger partial charge in [0.2, 0.25) is 5.91 Å². The van der Waals surface area contributed by atoms with Crippen LogP contribution in [0.15, 0.2) is 18.3 Å². The molecule has 0 unspecified atom stereocenters. The molecule has 112 valence electrons. The fraction of sp³-hybridized carbons (Fsp3) is 0.308. The molecule has 5 nitrogen and oxygen atoms in total. The molecular formula is C13H13ClN2O3S2. The molecular weight excluding hydrogens is 332 g/mol. The number of thiazole rings is 1. The zero-order chi connectivity index (χ0) is 15.4. The molecule has 2 heterocycles. The third kappa shape index (κ3) is 4.26. The zero-order valence-electron chi connectivity index (χ0n) is 11.5. The maximum atomic E-state index is 11.8. The van der Waals surface area contributed by atoms with Crippen LogP contribution >= 0.6 is 34.3 Å². The van der Waals surface area contributed by atoms with E-state index in [1.165, 1.54) is 33.8 Å². The lowest BCUT2D eigenvalue weighted by Gasteiger charge is -2.09. The van der Waals surface area contributed by atoms with Gasteiger partial charge < -0.3 is 9.64 Å². The van der Waals surface area contributed by atoms with Gasteiger partial charge >= 0.3 is 5.97 Å². The quantitative estimate of drug-likeness (QED) is 0.782. The minimum absolute atomic E-state index is 0.0634. The Kier molecular flexibility index (Phi) is 5.33. The van der Waals surface area contributed by atoms with E-state index in [9.17, 15) is 9.59 Å². The highest BCUT2D eigenvalue weighted by Gasteiger charge is 2.15. The Morgan fingerprint density at radius 2 is 2.10 bits per heavy atom. The molecule has 0 saturated carbocycles. The summed E-state index contributed by atoms with van der Waals surface area (Å²) in [5.74, 6) is -0.547. The van der Waals surface area contributed by atoms with E-state index >= 15 is 0 Å². The summed E-state index contributed by atoms with van der Waals surface area (Å²) >= 11 is 8.52. The van der Waals surface area contributed by atoms with Crippen molar-refractivity contribution in [2.45, 2.75) is 6.42 Å². The summed E-state index contributed by atoms with van der Waals surface area (Å²) < 4.78 is 5.74. The molecule has 2 aromatic heterocycles. The van der Waals surface area contributed by atoms with Crippen LogP contribution in [-0.4, -0.2) is 42.5 Å². The number of esters is 1. The lowest BCUT2D eigenvalue weighted by Crippen LogP contribution is -2.23. The highest BCUT2D eigenvalue weighted by molar-refractivity contribution is 7.24. The molecule has 0 radical (unpaired) electrons. The Hall–Kier alpha value is -1.44. The molecule has 1 amide bonds. The van der Waals surface area contributed by atoms with E-state index in [1.54, 1.807) is 20.2 Å². The van der Waals surface area contributed by atoms with Crippen LogP contribution < -0.4 is 0 Å². The number of halogens is 1. The Labute approximate surface area is 135 Å². The van der Waals surface area contributed by atoms with Crippen molar-refractivity contribution in [3.05, 3.63) is 27.5 Å². The highest BCUT2D eigenvalue weighted by atomic mass is 35.5. The molecule has 8 heteroatoms. The molecule has 0 aliphatic carbocycles. The maximum absolute atomic E-state index is 11.8. The fourth-order valence-electron chi connectivity index (χ4n) is 1.44. The first-order chi connectivity index (χ1) is 9.97. The molecule has 0 aromatic carbocycles. The van der Waals surface area contributed by atoms with Gasteiger partial charge in [-0.1, -0.05) is 11.6 Å². The highest BCUT2D eigenvalue weighted by Crippen LogP contribution is 2.33. The molecule has 0 aliphatic heterocycles. The van der Waals surface area contributed by atoms with E-state index in [0.717, 1.165) is 9.88 Å². The minimum atomic E-state index is -0.465. The van der Waals surface area contributed by atoms with Gasteiger partial charge in [-0.05, 0) is 12.1 Å². The van der Waals surface area contributed by atoms with Gasteiger partial charge in [0.15, 0.2) is 0 Å². The van der Waals surface area contributed by atoms with Crippen molar-refractivity contribution in [2.75, 3.05) is 20.7 Å². The number of hydrogen-bond acceptors (Lipinski definition) is 6. The number of aromatic nitrogens is 1. The Bertz CT molecular complexity index is 651.